The molecule has 0 aliphatic rings. The molecule has 0 atom stereocenters. The summed E-state index contributed by atoms with van der Waals surface area (Å²) in [6.07, 6.45) is 0. The molecule has 0 aromatic carbocycles. The molecule has 0 aromatic rings. The lowest BCUT2D eigenvalue weighted by molar-refractivity contribution is -0.133. The first-order chi connectivity index (χ1) is 4.63. The molecule has 0 radical (unpaired) electrons. The summed E-state index contributed by atoms with van der Waals surface area (Å²) in [5.74, 6) is -1.67. The van der Waals surface area contributed by atoms with Gasteiger partial charge in [-0.3, -0.25) is 10.2 Å². The van der Waals surface area contributed by atoms with Crippen molar-refractivity contribution < 1.29 is 14.3 Å². The Hall–Kier alpha value is -1.39. The molecule has 0 heterocycles. The molecule has 0 aromatic heterocycles. The van der Waals surface area contributed by atoms with Crippen molar-refractivity contribution in [2.75, 3.05) is 14.2 Å². The molecule has 0 aliphatic heterocycles. The zero-order chi connectivity index (χ0) is 8.15. The average Bonchev–Trinajstić information content (AvgIpc) is 2.00. The zero-order valence-corrected chi connectivity index (χ0v) is 5.72. The lowest BCUT2D eigenvalue weighted by atomic mass is 10.3. The first kappa shape index (κ1) is 8.61. The molecule has 0 aliphatic carbocycles. The molecular formula is C5H8N2O3. The van der Waals surface area contributed by atoms with Crippen LogP contribution in [0.3, 0.4) is 0 Å². The second-order valence-corrected chi connectivity index (χ2v) is 1.45. The molecule has 0 fully saturated rings. The third-order valence-corrected chi connectivity index (χ3v) is 0.844. The van der Waals surface area contributed by atoms with E-state index in [-0.39, 0.29) is 0 Å². The number of nitrogens with one attached hydrogen (secondary N) is 2. The van der Waals surface area contributed by atoms with Crippen LogP contribution in [0.5, 0.6) is 0 Å². The lowest BCUT2D eigenvalue weighted by Crippen LogP contribution is -2.33. The average molecular weight is 144 g/mol. The Morgan fingerprint density at radius 1 is 1.50 bits per heavy atom. The number of amides is 1. The van der Waals surface area contributed by atoms with Gasteiger partial charge in [0.05, 0.1) is 7.11 Å². The highest BCUT2D eigenvalue weighted by Gasteiger charge is 2.16. The quantitative estimate of drug-likeness (QED) is 0.294. The van der Waals surface area contributed by atoms with Crippen LogP contribution >= 0.6 is 0 Å². The molecule has 0 saturated heterocycles. The highest BCUT2D eigenvalue weighted by atomic mass is 16.5. The summed E-state index contributed by atoms with van der Waals surface area (Å²) in [5, 5.41) is 8.93. The van der Waals surface area contributed by atoms with E-state index in [1.807, 2.05) is 0 Å². The van der Waals surface area contributed by atoms with Gasteiger partial charge >= 0.3 is 5.97 Å². The molecule has 0 bridgehead atoms. The van der Waals surface area contributed by atoms with E-state index in [4.69, 9.17) is 5.41 Å². The van der Waals surface area contributed by atoms with Crippen molar-refractivity contribution in [3.8, 4) is 0 Å². The minimum Gasteiger partial charge on any atom is -0.464 e. The van der Waals surface area contributed by atoms with Crippen molar-refractivity contribution in [2.45, 2.75) is 0 Å². The monoisotopic (exact) mass is 144 g/mol. The second-order valence-electron chi connectivity index (χ2n) is 1.45. The third-order valence-electron chi connectivity index (χ3n) is 0.844. The summed E-state index contributed by atoms with van der Waals surface area (Å²) in [5.41, 5.74) is -0.690. The van der Waals surface area contributed by atoms with Crippen LogP contribution < -0.4 is 5.32 Å². The Bertz CT molecular complexity index is 158. The van der Waals surface area contributed by atoms with Crippen LogP contribution in [0.2, 0.25) is 0 Å². The molecule has 10 heavy (non-hydrogen) atoms. The number of hydrogen-bond donors (Lipinski definition) is 2. The molecule has 0 unspecified atom stereocenters. The molecule has 56 valence electrons. The Balaban J connectivity index is 4.09. The summed E-state index contributed by atoms with van der Waals surface area (Å²) in [6.45, 7) is 0. The van der Waals surface area contributed by atoms with Crippen molar-refractivity contribution in [1.82, 2.24) is 5.32 Å². The number of carbonyl (C=O) groups excluding carboxylic acids is 2. The molecule has 2 N–H and O–H groups in total. The van der Waals surface area contributed by atoms with E-state index in [9.17, 15) is 9.59 Å². The molecule has 5 heteroatoms. The van der Waals surface area contributed by atoms with Gasteiger partial charge in [0.15, 0.2) is 0 Å². The van der Waals surface area contributed by atoms with Gasteiger partial charge in [-0.1, -0.05) is 0 Å². The van der Waals surface area contributed by atoms with E-state index < -0.39 is 17.6 Å². The van der Waals surface area contributed by atoms with Crippen LogP contribution in [0.4, 0.5) is 0 Å². The largest absolute Gasteiger partial charge is 0.464 e. The number of methoxy groups -OCH3 is 1. The van der Waals surface area contributed by atoms with Crippen LogP contribution in [-0.2, 0) is 14.3 Å². The number of esters is 1. The zero-order valence-electron chi connectivity index (χ0n) is 5.72. The fourth-order valence-corrected chi connectivity index (χ4v) is 0.320. The summed E-state index contributed by atoms with van der Waals surface area (Å²) in [6, 6.07) is 0. The highest BCUT2D eigenvalue weighted by molar-refractivity contribution is 6.62. The van der Waals surface area contributed by atoms with Gasteiger partial charge in [0.1, 0.15) is 0 Å². The third kappa shape index (κ3) is 1.85. The SMILES string of the molecule is CNC(=O)C(=N)C(=O)OC. The summed E-state index contributed by atoms with van der Waals surface area (Å²) in [4.78, 5) is 20.9. The van der Waals surface area contributed by atoms with E-state index in [0.717, 1.165) is 7.11 Å². The standard InChI is InChI=1S/C5H8N2O3/c1-7-4(8)3(6)5(9)10-2/h6H,1-2H3,(H,7,8). The Morgan fingerprint density at radius 3 is 2.30 bits per heavy atom. The van der Waals surface area contributed by atoms with Crippen LogP contribution in [0, 0.1) is 5.41 Å². The van der Waals surface area contributed by atoms with Gasteiger partial charge in [0.25, 0.3) is 5.91 Å². The first-order valence-electron chi connectivity index (χ1n) is 2.52. The van der Waals surface area contributed by atoms with E-state index >= 15 is 0 Å². The minimum absolute atomic E-state index is 0.690. The van der Waals surface area contributed by atoms with Crippen molar-refractivity contribution in [2.24, 2.45) is 0 Å². The smallest absolute Gasteiger partial charge is 0.361 e. The maximum Gasteiger partial charge on any atom is 0.361 e. The van der Waals surface area contributed by atoms with Crippen LogP contribution in [-0.4, -0.2) is 31.7 Å². The number of ether oxygens (including phenoxy) is 1. The van der Waals surface area contributed by atoms with Crippen molar-refractivity contribution in [1.29, 1.82) is 5.41 Å². The van der Waals surface area contributed by atoms with Gasteiger partial charge in [-0.05, 0) is 0 Å². The first-order valence-corrected chi connectivity index (χ1v) is 2.52. The van der Waals surface area contributed by atoms with Gasteiger partial charge in [-0.15, -0.1) is 0 Å². The molecule has 0 spiro atoms. The highest BCUT2D eigenvalue weighted by Crippen LogP contribution is 1.77. The van der Waals surface area contributed by atoms with Crippen LogP contribution in [0.15, 0.2) is 0 Å². The normalized spacial score (nSPS) is 8.20. The van der Waals surface area contributed by atoms with E-state index in [1.165, 1.54) is 7.05 Å². The van der Waals surface area contributed by atoms with Crippen LogP contribution in [0.25, 0.3) is 0 Å². The van der Waals surface area contributed by atoms with Gasteiger partial charge in [-0.2, -0.15) is 0 Å². The van der Waals surface area contributed by atoms with E-state index in [2.05, 4.69) is 10.1 Å². The predicted octanol–water partition coefficient (Wildman–Crippen LogP) is -1.07. The molecule has 0 saturated carbocycles. The summed E-state index contributed by atoms with van der Waals surface area (Å²) < 4.78 is 4.11. The molecule has 0 rings (SSSR count). The topological polar surface area (TPSA) is 79.3 Å². The predicted molar refractivity (Wildman–Crippen MR) is 33.8 cm³/mol. The van der Waals surface area contributed by atoms with Crippen molar-refractivity contribution in [3.63, 3.8) is 0 Å². The number of rotatable bonds is 2. The molecular weight excluding hydrogens is 136 g/mol. The number of hydrogen-bond acceptors (Lipinski definition) is 4. The fraction of sp³-hybridized carbons (Fsp3) is 0.400. The second kappa shape index (κ2) is 3.60. The molecule has 1 amide bonds. The lowest BCUT2D eigenvalue weighted by Gasteiger charge is -1.97. The Kier molecular flexibility index (Phi) is 3.10. The van der Waals surface area contributed by atoms with Crippen molar-refractivity contribution >= 4 is 17.6 Å². The van der Waals surface area contributed by atoms with Crippen molar-refractivity contribution in [3.05, 3.63) is 0 Å². The van der Waals surface area contributed by atoms with Gasteiger partial charge in [0.2, 0.25) is 5.71 Å². The molecule has 5 nitrogen and oxygen atoms in total. The van der Waals surface area contributed by atoms with Crippen LogP contribution in [0.1, 0.15) is 0 Å². The van der Waals surface area contributed by atoms with E-state index in [1.54, 1.807) is 0 Å². The van der Waals surface area contributed by atoms with E-state index in [0.29, 0.717) is 0 Å². The maximum atomic E-state index is 10.5. The minimum atomic E-state index is -0.931. The maximum absolute atomic E-state index is 10.5. The number of carbonyl (C=O) groups is 2. The Labute approximate surface area is 57.9 Å². The van der Waals surface area contributed by atoms with Gasteiger partial charge in [0, 0.05) is 7.05 Å². The fourth-order valence-electron chi connectivity index (χ4n) is 0.320. The van der Waals surface area contributed by atoms with Gasteiger partial charge in [-0.25, -0.2) is 4.79 Å². The van der Waals surface area contributed by atoms with Gasteiger partial charge < -0.3 is 10.1 Å². The Morgan fingerprint density at radius 2 is 2.00 bits per heavy atom. The summed E-state index contributed by atoms with van der Waals surface area (Å²) in [7, 11) is 2.44. The summed E-state index contributed by atoms with van der Waals surface area (Å²) >= 11 is 0.